The topological polar surface area (TPSA) is 76.1 Å². The number of nitrogens with one attached hydrogen (secondary N) is 1. The Morgan fingerprint density at radius 2 is 1.96 bits per heavy atom. The smallest absolute Gasteiger partial charge is 0.260 e. The van der Waals surface area contributed by atoms with E-state index in [9.17, 15) is 13.2 Å². The molecule has 1 amide bonds. The van der Waals surface area contributed by atoms with Crippen molar-refractivity contribution < 1.29 is 13.2 Å². The van der Waals surface area contributed by atoms with E-state index in [1.165, 1.54) is 0 Å². The van der Waals surface area contributed by atoms with E-state index in [1.54, 1.807) is 30.6 Å². The summed E-state index contributed by atoms with van der Waals surface area (Å²) in [5, 5.41) is 0. The summed E-state index contributed by atoms with van der Waals surface area (Å²) in [5.74, 6) is -0.558. The minimum Gasteiger partial charge on any atom is -0.274 e. The molecule has 0 aliphatic heterocycles. The lowest BCUT2D eigenvalue weighted by molar-refractivity contribution is -0.118. The van der Waals surface area contributed by atoms with E-state index in [4.69, 9.17) is 0 Å². The zero-order valence-corrected chi connectivity index (χ0v) is 13.2. The van der Waals surface area contributed by atoms with Crippen LogP contribution < -0.4 is 4.72 Å². The van der Waals surface area contributed by atoms with Crippen LogP contribution in [0.5, 0.6) is 0 Å². The second kappa shape index (κ2) is 6.34. The van der Waals surface area contributed by atoms with Crippen molar-refractivity contribution in [3.8, 4) is 0 Å². The van der Waals surface area contributed by atoms with Gasteiger partial charge in [0.2, 0.25) is 5.91 Å². The molecule has 118 valence electrons. The standard InChI is InChI=1S/C17H16N2O3S/c20-17(10-13-4-3-9-18-12-13)19-23(21,22)16-8-7-14-5-1-2-6-15(14)11-16/h1-6,9,11-12H,7-8,10H2,(H,19,20). The van der Waals surface area contributed by atoms with Gasteiger partial charge in [-0.1, -0.05) is 30.3 Å². The molecule has 1 aromatic heterocycles. The molecule has 1 aromatic carbocycles. The second-order valence-electron chi connectivity index (χ2n) is 5.38. The average molecular weight is 328 g/mol. The number of benzene rings is 1. The number of carbonyl (C=O) groups excluding carboxylic acids is 1. The zero-order valence-electron chi connectivity index (χ0n) is 12.4. The number of rotatable bonds is 4. The van der Waals surface area contributed by atoms with Gasteiger partial charge >= 0.3 is 0 Å². The Hall–Kier alpha value is -2.47. The van der Waals surface area contributed by atoms with E-state index in [1.807, 2.05) is 24.3 Å². The van der Waals surface area contributed by atoms with Crippen LogP contribution in [0.4, 0.5) is 0 Å². The van der Waals surface area contributed by atoms with Crippen LogP contribution in [-0.2, 0) is 27.7 Å². The predicted molar refractivity (Wildman–Crippen MR) is 87.7 cm³/mol. The van der Waals surface area contributed by atoms with Crippen LogP contribution in [0.3, 0.4) is 0 Å². The molecule has 5 nitrogen and oxygen atoms in total. The third kappa shape index (κ3) is 3.65. The number of fused-ring (bicyclic) bond motifs is 1. The number of hydrogen-bond donors (Lipinski definition) is 1. The summed E-state index contributed by atoms with van der Waals surface area (Å²) < 4.78 is 26.9. The first-order chi connectivity index (χ1) is 11.0. The van der Waals surface area contributed by atoms with Crippen molar-refractivity contribution in [1.82, 2.24) is 9.71 Å². The molecule has 0 fully saturated rings. The summed E-state index contributed by atoms with van der Waals surface area (Å²) >= 11 is 0. The van der Waals surface area contributed by atoms with Crippen LogP contribution in [-0.4, -0.2) is 19.3 Å². The van der Waals surface area contributed by atoms with Gasteiger partial charge in [-0.25, -0.2) is 13.1 Å². The highest BCUT2D eigenvalue weighted by molar-refractivity contribution is 7.94. The quantitative estimate of drug-likeness (QED) is 0.932. The summed E-state index contributed by atoms with van der Waals surface area (Å²) in [4.78, 5) is 16.1. The van der Waals surface area contributed by atoms with Crippen molar-refractivity contribution in [3.63, 3.8) is 0 Å². The Balaban J connectivity index is 1.75. The van der Waals surface area contributed by atoms with Gasteiger partial charge in [0.15, 0.2) is 0 Å². The number of sulfonamides is 1. The van der Waals surface area contributed by atoms with Gasteiger partial charge in [-0.05, 0) is 41.7 Å². The SMILES string of the molecule is O=C(Cc1cccnc1)NS(=O)(=O)C1=Cc2ccccc2CC1. The summed E-state index contributed by atoms with van der Waals surface area (Å²) in [6.07, 6.45) is 5.81. The van der Waals surface area contributed by atoms with E-state index >= 15 is 0 Å². The van der Waals surface area contributed by atoms with E-state index in [-0.39, 0.29) is 11.3 Å². The lowest BCUT2D eigenvalue weighted by Gasteiger charge is -2.17. The number of amides is 1. The third-order valence-corrected chi connectivity index (χ3v) is 5.20. The van der Waals surface area contributed by atoms with Gasteiger partial charge in [-0.15, -0.1) is 0 Å². The van der Waals surface area contributed by atoms with Gasteiger partial charge in [-0.2, -0.15) is 0 Å². The molecule has 0 saturated heterocycles. The highest BCUT2D eigenvalue weighted by Gasteiger charge is 2.23. The molecule has 1 N–H and O–H groups in total. The van der Waals surface area contributed by atoms with Gasteiger partial charge in [0.1, 0.15) is 0 Å². The van der Waals surface area contributed by atoms with Crippen LogP contribution in [0, 0.1) is 0 Å². The normalized spacial score (nSPS) is 13.8. The number of hydrogen-bond acceptors (Lipinski definition) is 4. The number of aryl methyl sites for hydroxylation is 1. The maximum absolute atomic E-state index is 12.4. The first kappa shape index (κ1) is 15.4. The van der Waals surface area contributed by atoms with E-state index in [0.29, 0.717) is 18.4 Å². The van der Waals surface area contributed by atoms with Crippen molar-refractivity contribution in [2.45, 2.75) is 19.3 Å². The van der Waals surface area contributed by atoms with Gasteiger partial charge < -0.3 is 0 Å². The van der Waals surface area contributed by atoms with Crippen molar-refractivity contribution in [2.75, 3.05) is 0 Å². The molecule has 0 saturated carbocycles. The molecule has 3 rings (SSSR count). The van der Waals surface area contributed by atoms with Crippen LogP contribution >= 0.6 is 0 Å². The lowest BCUT2D eigenvalue weighted by atomic mass is 9.98. The highest BCUT2D eigenvalue weighted by atomic mass is 32.2. The fourth-order valence-corrected chi connectivity index (χ4v) is 3.71. The van der Waals surface area contributed by atoms with Crippen molar-refractivity contribution in [3.05, 3.63) is 70.4 Å². The predicted octanol–water partition coefficient (Wildman–Crippen LogP) is 2.06. The highest BCUT2D eigenvalue weighted by Crippen LogP contribution is 2.26. The first-order valence-corrected chi connectivity index (χ1v) is 8.76. The van der Waals surface area contributed by atoms with Crippen molar-refractivity contribution in [2.24, 2.45) is 0 Å². The Morgan fingerprint density at radius 1 is 1.13 bits per heavy atom. The van der Waals surface area contributed by atoms with Gasteiger partial charge in [-0.3, -0.25) is 9.78 Å². The van der Waals surface area contributed by atoms with E-state index in [0.717, 1.165) is 11.1 Å². The molecular weight excluding hydrogens is 312 g/mol. The Kier molecular flexibility index (Phi) is 4.25. The molecule has 0 bridgehead atoms. The summed E-state index contributed by atoms with van der Waals surface area (Å²) in [5.41, 5.74) is 2.68. The molecular formula is C17H16N2O3S. The minimum atomic E-state index is -3.80. The zero-order chi connectivity index (χ0) is 16.3. The number of nitrogens with zero attached hydrogens (tertiary/aromatic N) is 1. The van der Waals surface area contributed by atoms with E-state index in [2.05, 4.69) is 9.71 Å². The third-order valence-electron chi connectivity index (χ3n) is 3.69. The molecule has 6 heteroatoms. The lowest BCUT2D eigenvalue weighted by Crippen LogP contribution is -2.33. The molecule has 0 atom stereocenters. The molecule has 0 unspecified atom stereocenters. The summed E-state index contributed by atoms with van der Waals surface area (Å²) in [6, 6.07) is 11.1. The number of pyridine rings is 1. The Morgan fingerprint density at radius 3 is 2.74 bits per heavy atom. The molecule has 1 aliphatic carbocycles. The molecule has 1 heterocycles. The fourth-order valence-electron chi connectivity index (χ4n) is 2.56. The van der Waals surface area contributed by atoms with Crippen LogP contribution in [0.15, 0.2) is 53.7 Å². The molecule has 0 spiro atoms. The minimum absolute atomic E-state index is 0.0169. The maximum atomic E-state index is 12.4. The van der Waals surface area contributed by atoms with E-state index < -0.39 is 15.9 Å². The van der Waals surface area contributed by atoms with Crippen LogP contribution in [0.1, 0.15) is 23.1 Å². The van der Waals surface area contributed by atoms with Crippen molar-refractivity contribution >= 4 is 22.0 Å². The summed E-state index contributed by atoms with van der Waals surface area (Å²) in [7, 11) is -3.80. The second-order valence-corrected chi connectivity index (χ2v) is 7.11. The summed E-state index contributed by atoms with van der Waals surface area (Å²) in [6.45, 7) is 0. The fraction of sp³-hybridized carbons (Fsp3) is 0.176. The Labute approximate surface area is 135 Å². The molecule has 1 aliphatic rings. The number of allylic oxidation sites excluding steroid dienone is 1. The van der Waals surface area contributed by atoms with Crippen LogP contribution in [0.25, 0.3) is 6.08 Å². The number of aromatic nitrogens is 1. The van der Waals surface area contributed by atoms with Crippen LogP contribution in [0.2, 0.25) is 0 Å². The average Bonchev–Trinajstić information content (AvgIpc) is 2.54. The Bertz CT molecular complexity index is 858. The van der Waals surface area contributed by atoms with Gasteiger partial charge in [0.25, 0.3) is 10.0 Å². The van der Waals surface area contributed by atoms with Gasteiger partial charge in [0, 0.05) is 12.4 Å². The van der Waals surface area contributed by atoms with Crippen molar-refractivity contribution in [1.29, 1.82) is 0 Å². The molecule has 23 heavy (non-hydrogen) atoms. The molecule has 2 aromatic rings. The molecule has 0 radical (unpaired) electrons. The largest absolute Gasteiger partial charge is 0.274 e. The monoisotopic (exact) mass is 328 g/mol. The number of carbonyl (C=O) groups is 1. The maximum Gasteiger partial charge on any atom is 0.260 e. The van der Waals surface area contributed by atoms with Gasteiger partial charge in [0.05, 0.1) is 11.3 Å². The first-order valence-electron chi connectivity index (χ1n) is 7.28.